The summed E-state index contributed by atoms with van der Waals surface area (Å²) in [6.07, 6.45) is 1.02. The minimum atomic E-state index is 0.00289. The van der Waals surface area contributed by atoms with Crippen molar-refractivity contribution < 1.29 is 4.79 Å². The van der Waals surface area contributed by atoms with Crippen molar-refractivity contribution in [1.82, 2.24) is 5.32 Å². The number of hydrogen-bond acceptors (Lipinski definition) is 2. The number of rotatable bonds is 7. The third-order valence-electron chi connectivity index (χ3n) is 3.77. The maximum Gasteiger partial charge on any atom is 0.230 e. The highest BCUT2D eigenvalue weighted by Crippen LogP contribution is 2.24. The second-order valence-corrected chi connectivity index (χ2v) is 7.44. The first-order valence-corrected chi connectivity index (χ1v) is 9.80. The molecule has 0 aromatic heterocycles. The van der Waals surface area contributed by atoms with Crippen LogP contribution in [0.15, 0.2) is 42.5 Å². The van der Waals surface area contributed by atoms with Crippen LogP contribution in [0.2, 0.25) is 10.0 Å². The Morgan fingerprint density at radius 1 is 1.17 bits per heavy atom. The molecule has 1 N–H and O–H groups in total. The van der Waals surface area contributed by atoms with Crippen molar-refractivity contribution >= 4 is 40.9 Å². The largest absolute Gasteiger partial charge is 0.349 e. The summed E-state index contributed by atoms with van der Waals surface area (Å²) in [5.41, 5.74) is 3.40. The topological polar surface area (TPSA) is 29.1 Å². The Hall–Kier alpha value is -1.16. The lowest BCUT2D eigenvalue weighted by Crippen LogP contribution is -2.28. The number of amides is 1. The highest BCUT2D eigenvalue weighted by Gasteiger charge is 2.10. The third-order valence-corrected chi connectivity index (χ3v) is 5.34. The first-order valence-electron chi connectivity index (χ1n) is 7.89. The Morgan fingerprint density at radius 2 is 1.88 bits per heavy atom. The monoisotopic (exact) mass is 381 g/mol. The van der Waals surface area contributed by atoms with E-state index in [0.29, 0.717) is 21.6 Å². The summed E-state index contributed by atoms with van der Waals surface area (Å²) >= 11 is 13.6. The molecule has 0 aliphatic carbocycles. The van der Waals surface area contributed by atoms with Crippen molar-refractivity contribution in [2.45, 2.75) is 32.1 Å². The molecule has 24 heavy (non-hydrogen) atoms. The normalized spacial score (nSPS) is 12.0. The quantitative estimate of drug-likeness (QED) is 0.669. The standard InChI is InChI=1S/C19H21Cl2NOS/c1-3-14-4-6-15(7-5-14)13(2)22-19(23)12-24-11-16-8-9-17(20)10-18(16)21/h4-10,13H,3,11-12H2,1-2H3,(H,22,23)/t13-/m1/s1. The van der Waals surface area contributed by atoms with Crippen molar-refractivity contribution in [1.29, 1.82) is 0 Å². The number of aryl methyl sites for hydroxylation is 1. The van der Waals surface area contributed by atoms with E-state index >= 15 is 0 Å². The van der Waals surface area contributed by atoms with E-state index in [1.165, 1.54) is 17.3 Å². The summed E-state index contributed by atoms with van der Waals surface area (Å²) in [6.45, 7) is 4.13. The van der Waals surface area contributed by atoms with Crippen LogP contribution < -0.4 is 5.32 Å². The van der Waals surface area contributed by atoms with Gasteiger partial charge in [-0.15, -0.1) is 11.8 Å². The van der Waals surface area contributed by atoms with Crippen molar-refractivity contribution in [2.24, 2.45) is 0 Å². The van der Waals surface area contributed by atoms with Gasteiger partial charge in [0.05, 0.1) is 11.8 Å². The predicted molar refractivity (Wildman–Crippen MR) is 105 cm³/mol. The fourth-order valence-corrected chi connectivity index (χ4v) is 3.70. The Morgan fingerprint density at radius 3 is 2.50 bits per heavy atom. The van der Waals surface area contributed by atoms with Crippen LogP contribution in [0.5, 0.6) is 0 Å². The summed E-state index contributed by atoms with van der Waals surface area (Å²) in [5.74, 6) is 1.11. The summed E-state index contributed by atoms with van der Waals surface area (Å²) < 4.78 is 0. The molecule has 2 aromatic carbocycles. The number of carbonyl (C=O) groups is 1. The average molecular weight is 382 g/mol. The van der Waals surface area contributed by atoms with Crippen molar-refractivity contribution in [3.8, 4) is 0 Å². The molecule has 2 aromatic rings. The lowest BCUT2D eigenvalue weighted by atomic mass is 10.1. The fourth-order valence-electron chi connectivity index (χ4n) is 2.30. The Bertz CT molecular complexity index is 688. The highest BCUT2D eigenvalue weighted by molar-refractivity contribution is 7.99. The molecule has 0 spiro atoms. The second-order valence-electron chi connectivity index (χ2n) is 5.61. The lowest BCUT2D eigenvalue weighted by molar-refractivity contribution is -0.119. The predicted octanol–water partition coefficient (Wildman–Crippen LogP) is 5.67. The second kappa shape index (κ2) is 9.36. The minimum Gasteiger partial charge on any atom is -0.349 e. The van der Waals surface area contributed by atoms with Gasteiger partial charge in [-0.3, -0.25) is 4.79 Å². The van der Waals surface area contributed by atoms with Crippen LogP contribution in [0.25, 0.3) is 0 Å². The molecule has 2 rings (SSSR count). The molecule has 1 amide bonds. The fraction of sp³-hybridized carbons (Fsp3) is 0.316. The van der Waals surface area contributed by atoms with Crippen LogP contribution in [-0.2, 0) is 17.0 Å². The number of thioether (sulfide) groups is 1. The van der Waals surface area contributed by atoms with E-state index in [1.807, 2.05) is 19.1 Å². The molecule has 128 valence electrons. The molecule has 2 nitrogen and oxygen atoms in total. The first kappa shape index (κ1) is 19.2. The van der Waals surface area contributed by atoms with Gasteiger partial charge in [-0.25, -0.2) is 0 Å². The lowest BCUT2D eigenvalue weighted by Gasteiger charge is -2.15. The van der Waals surface area contributed by atoms with Gasteiger partial charge in [0.2, 0.25) is 5.91 Å². The molecule has 0 bridgehead atoms. The van der Waals surface area contributed by atoms with Gasteiger partial charge in [-0.1, -0.05) is 60.5 Å². The molecular formula is C19H21Cl2NOS. The third kappa shape index (κ3) is 5.73. The molecule has 0 fully saturated rings. The van der Waals surface area contributed by atoms with E-state index in [-0.39, 0.29) is 11.9 Å². The molecule has 0 radical (unpaired) electrons. The first-order chi connectivity index (χ1) is 11.5. The van der Waals surface area contributed by atoms with Gasteiger partial charge in [0.15, 0.2) is 0 Å². The van der Waals surface area contributed by atoms with Crippen LogP contribution in [0.1, 0.15) is 36.6 Å². The molecule has 0 saturated heterocycles. The number of hydrogen-bond donors (Lipinski definition) is 1. The molecule has 0 heterocycles. The average Bonchev–Trinajstić information content (AvgIpc) is 2.57. The highest BCUT2D eigenvalue weighted by atomic mass is 35.5. The number of halogens is 2. The smallest absolute Gasteiger partial charge is 0.230 e. The zero-order valence-corrected chi connectivity index (χ0v) is 16.1. The molecule has 0 aliphatic rings. The van der Waals surface area contributed by atoms with Crippen LogP contribution in [0.3, 0.4) is 0 Å². The van der Waals surface area contributed by atoms with Crippen molar-refractivity contribution in [2.75, 3.05) is 5.75 Å². The molecule has 0 aliphatic heterocycles. The van der Waals surface area contributed by atoms with Gasteiger partial charge in [-0.05, 0) is 42.2 Å². The van der Waals surface area contributed by atoms with Gasteiger partial charge >= 0.3 is 0 Å². The maximum atomic E-state index is 12.1. The van der Waals surface area contributed by atoms with E-state index in [1.54, 1.807) is 6.07 Å². The molecule has 1 atom stereocenters. The number of carbonyl (C=O) groups excluding carboxylic acids is 1. The Labute approximate surface area is 157 Å². The van der Waals surface area contributed by atoms with Gasteiger partial charge in [0.1, 0.15) is 0 Å². The van der Waals surface area contributed by atoms with E-state index in [9.17, 15) is 4.79 Å². The van der Waals surface area contributed by atoms with E-state index in [2.05, 4.69) is 36.5 Å². The van der Waals surface area contributed by atoms with Gasteiger partial charge in [-0.2, -0.15) is 0 Å². The van der Waals surface area contributed by atoms with Gasteiger partial charge in [0, 0.05) is 15.8 Å². The number of nitrogens with one attached hydrogen (secondary N) is 1. The van der Waals surface area contributed by atoms with Crippen molar-refractivity contribution in [3.05, 3.63) is 69.2 Å². The zero-order valence-electron chi connectivity index (χ0n) is 13.8. The molecule has 0 unspecified atom stereocenters. The SMILES string of the molecule is CCc1ccc([C@@H](C)NC(=O)CSCc2ccc(Cl)cc2Cl)cc1. The summed E-state index contributed by atoms with van der Waals surface area (Å²) in [5, 5.41) is 4.29. The molecule has 5 heteroatoms. The summed E-state index contributed by atoms with van der Waals surface area (Å²) in [6, 6.07) is 13.8. The van der Waals surface area contributed by atoms with E-state index in [0.717, 1.165) is 17.5 Å². The molecular weight excluding hydrogens is 361 g/mol. The Kier molecular flexibility index (Phi) is 7.47. The van der Waals surface area contributed by atoms with Gasteiger partial charge < -0.3 is 5.32 Å². The van der Waals surface area contributed by atoms with Crippen LogP contribution in [0.4, 0.5) is 0 Å². The van der Waals surface area contributed by atoms with Crippen molar-refractivity contribution in [3.63, 3.8) is 0 Å². The van der Waals surface area contributed by atoms with E-state index in [4.69, 9.17) is 23.2 Å². The maximum absolute atomic E-state index is 12.1. The molecule has 0 saturated carbocycles. The van der Waals surface area contributed by atoms with E-state index < -0.39 is 0 Å². The van der Waals surface area contributed by atoms with Crippen LogP contribution in [-0.4, -0.2) is 11.7 Å². The van der Waals surface area contributed by atoms with Gasteiger partial charge in [0.25, 0.3) is 0 Å². The summed E-state index contributed by atoms with van der Waals surface area (Å²) in [7, 11) is 0. The van der Waals surface area contributed by atoms with Crippen LogP contribution >= 0.6 is 35.0 Å². The minimum absolute atomic E-state index is 0.00289. The number of benzene rings is 2. The Balaban J connectivity index is 1.79. The zero-order chi connectivity index (χ0) is 17.5. The summed E-state index contributed by atoms with van der Waals surface area (Å²) in [4.78, 5) is 12.1. The van der Waals surface area contributed by atoms with Crippen LogP contribution in [0, 0.1) is 0 Å².